The number of halogens is 2. The van der Waals surface area contributed by atoms with Crippen molar-refractivity contribution in [2.24, 2.45) is 0 Å². The quantitative estimate of drug-likeness (QED) is 0.632. The topological polar surface area (TPSA) is 40.9 Å². The van der Waals surface area contributed by atoms with Crippen LogP contribution in [0.2, 0.25) is 0 Å². The van der Waals surface area contributed by atoms with Gasteiger partial charge in [-0.3, -0.25) is 4.79 Å². The van der Waals surface area contributed by atoms with Crippen LogP contribution in [0.15, 0.2) is 54.9 Å². The normalized spacial score (nSPS) is 19.1. The standard InChI is InChI=1S/C22H20F2N4O/c1-14-12-26(13-14)22(29)18-11-25-28-8-6-16(10-21(18)28)27-7-2-3-20(27)17-9-15(23)4-5-19(17)24/h4-6,8-11,20H,1-3,7,12-13H2/t20-/m1/s1. The number of fused-ring (bicyclic) bond motifs is 1. The lowest BCUT2D eigenvalue weighted by Gasteiger charge is -2.33. The van der Waals surface area contributed by atoms with Gasteiger partial charge >= 0.3 is 0 Å². The molecule has 2 saturated heterocycles. The van der Waals surface area contributed by atoms with Crippen LogP contribution in [-0.4, -0.2) is 40.1 Å². The van der Waals surface area contributed by atoms with E-state index in [1.165, 1.54) is 12.1 Å². The molecule has 0 spiro atoms. The van der Waals surface area contributed by atoms with Crippen LogP contribution in [0.1, 0.15) is 34.8 Å². The van der Waals surface area contributed by atoms with Crippen LogP contribution in [0.3, 0.4) is 0 Å². The molecule has 0 unspecified atom stereocenters. The first-order valence-electron chi connectivity index (χ1n) is 9.66. The monoisotopic (exact) mass is 394 g/mol. The number of carbonyl (C=O) groups is 1. The van der Waals surface area contributed by atoms with Crippen molar-refractivity contribution in [1.82, 2.24) is 14.5 Å². The zero-order valence-electron chi connectivity index (χ0n) is 15.8. The first kappa shape index (κ1) is 17.8. The molecule has 4 heterocycles. The Balaban J connectivity index is 1.51. The van der Waals surface area contributed by atoms with Gasteiger partial charge in [-0.2, -0.15) is 5.10 Å². The van der Waals surface area contributed by atoms with E-state index in [0.29, 0.717) is 29.7 Å². The zero-order chi connectivity index (χ0) is 20.1. The second kappa shape index (κ2) is 6.69. The molecule has 0 bridgehead atoms. The van der Waals surface area contributed by atoms with Gasteiger partial charge in [0.2, 0.25) is 0 Å². The lowest BCUT2D eigenvalue weighted by atomic mass is 10.0. The highest BCUT2D eigenvalue weighted by atomic mass is 19.1. The average Bonchev–Trinajstić information content (AvgIpc) is 3.33. The Morgan fingerprint density at radius 3 is 2.79 bits per heavy atom. The predicted molar refractivity (Wildman–Crippen MR) is 106 cm³/mol. The summed E-state index contributed by atoms with van der Waals surface area (Å²) < 4.78 is 29.8. The van der Waals surface area contributed by atoms with Crippen molar-refractivity contribution in [2.75, 3.05) is 24.5 Å². The number of likely N-dealkylation sites (tertiary alicyclic amines) is 1. The van der Waals surface area contributed by atoms with Crippen molar-refractivity contribution in [3.63, 3.8) is 0 Å². The summed E-state index contributed by atoms with van der Waals surface area (Å²) in [7, 11) is 0. The maximum Gasteiger partial charge on any atom is 0.258 e. The number of hydrogen-bond donors (Lipinski definition) is 0. The molecule has 29 heavy (non-hydrogen) atoms. The Bertz CT molecular complexity index is 1130. The Morgan fingerprint density at radius 1 is 1.17 bits per heavy atom. The number of pyridine rings is 1. The molecule has 1 amide bonds. The van der Waals surface area contributed by atoms with Crippen LogP contribution in [0.5, 0.6) is 0 Å². The number of hydrogen-bond acceptors (Lipinski definition) is 3. The number of amides is 1. The molecule has 7 heteroatoms. The van der Waals surface area contributed by atoms with E-state index in [-0.39, 0.29) is 11.9 Å². The van der Waals surface area contributed by atoms with E-state index >= 15 is 0 Å². The summed E-state index contributed by atoms with van der Waals surface area (Å²) in [5.41, 5.74) is 3.51. The lowest BCUT2D eigenvalue weighted by molar-refractivity contribution is 0.0730. The van der Waals surface area contributed by atoms with Gasteiger partial charge < -0.3 is 9.80 Å². The number of nitrogens with zero attached hydrogens (tertiary/aromatic N) is 4. The molecule has 0 saturated carbocycles. The number of carbonyl (C=O) groups excluding carboxylic acids is 1. The molecule has 0 N–H and O–H groups in total. The second-order valence-corrected chi connectivity index (χ2v) is 7.70. The minimum absolute atomic E-state index is 0.0707. The van der Waals surface area contributed by atoms with Gasteiger partial charge in [-0.15, -0.1) is 0 Å². The molecule has 5 nitrogen and oxygen atoms in total. The van der Waals surface area contributed by atoms with E-state index in [1.54, 1.807) is 21.8 Å². The summed E-state index contributed by atoms with van der Waals surface area (Å²) in [6, 6.07) is 7.16. The van der Waals surface area contributed by atoms with Crippen LogP contribution in [0.25, 0.3) is 5.52 Å². The van der Waals surface area contributed by atoms with Gasteiger partial charge in [-0.1, -0.05) is 6.58 Å². The third-order valence-corrected chi connectivity index (χ3v) is 5.75. The molecule has 148 valence electrons. The summed E-state index contributed by atoms with van der Waals surface area (Å²) in [6.45, 7) is 5.76. The number of anilines is 1. The molecule has 1 atom stereocenters. The van der Waals surface area contributed by atoms with E-state index in [1.807, 2.05) is 12.1 Å². The van der Waals surface area contributed by atoms with E-state index in [4.69, 9.17) is 0 Å². The smallest absolute Gasteiger partial charge is 0.258 e. The summed E-state index contributed by atoms with van der Waals surface area (Å²) in [5, 5.41) is 4.29. The molecule has 2 aromatic heterocycles. The third-order valence-electron chi connectivity index (χ3n) is 5.75. The molecule has 3 aromatic rings. The largest absolute Gasteiger partial charge is 0.364 e. The van der Waals surface area contributed by atoms with E-state index < -0.39 is 11.6 Å². The summed E-state index contributed by atoms with van der Waals surface area (Å²) in [4.78, 5) is 16.6. The molecule has 0 radical (unpaired) electrons. The van der Waals surface area contributed by atoms with Crippen LogP contribution in [-0.2, 0) is 0 Å². The van der Waals surface area contributed by atoms with Crippen LogP contribution in [0.4, 0.5) is 14.5 Å². The van der Waals surface area contributed by atoms with Gasteiger partial charge in [0.05, 0.1) is 23.3 Å². The van der Waals surface area contributed by atoms with Gasteiger partial charge in [-0.05, 0) is 48.7 Å². The minimum atomic E-state index is -0.441. The van der Waals surface area contributed by atoms with Gasteiger partial charge in [0.15, 0.2) is 0 Å². The highest BCUT2D eigenvalue weighted by Crippen LogP contribution is 2.38. The first-order chi connectivity index (χ1) is 14.0. The predicted octanol–water partition coefficient (Wildman–Crippen LogP) is 3.97. The fourth-order valence-corrected chi connectivity index (χ4v) is 4.29. The van der Waals surface area contributed by atoms with E-state index in [9.17, 15) is 13.6 Å². The summed E-state index contributed by atoms with van der Waals surface area (Å²) >= 11 is 0. The Hall–Kier alpha value is -3.22. The summed E-state index contributed by atoms with van der Waals surface area (Å²) in [6.07, 6.45) is 5.00. The molecular weight excluding hydrogens is 374 g/mol. The lowest BCUT2D eigenvalue weighted by Crippen LogP contribution is -2.43. The summed E-state index contributed by atoms with van der Waals surface area (Å²) in [5.74, 6) is -0.912. The molecule has 0 aliphatic carbocycles. The molecular formula is C22H20F2N4O. The fraction of sp³-hybridized carbons (Fsp3) is 0.273. The van der Waals surface area contributed by atoms with Crippen molar-refractivity contribution in [3.05, 3.63) is 77.6 Å². The average molecular weight is 394 g/mol. The molecule has 1 aromatic carbocycles. The highest BCUT2D eigenvalue weighted by Gasteiger charge is 2.30. The first-order valence-corrected chi connectivity index (χ1v) is 9.66. The van der Waals surface area contributed by atoms with Crippen molar-refractivity contribution < 1.29 is 13.6 Å². The maximum atomic E-state index is 14.4. The fourth-order valence-electron chi connectivity index (χ4n) is 4.29. The Morgan fingerprint density at radius 2 is 2.00 bits per heavy atom. The maximum absolute atomic E-state index is 14.4. The van der Waals surface area contributed by atoms with Crippen molar-refractivity contribution in [3.8, 4) is 0 Å². The number of rotatable bonds is 3. The SMILES string of the molecule is C=C1CN(C(=O)c2cnn3ccc(N4CCC[C@@H]4c4cc(F)ccc4F)cc23)C1. The minimum Gasteiger partial charge on any atom is -0.364 e. The second-order valence-electron chi connectivity index (χ2n) is 7.70. The zero-order valence-corrected chi connectivity index (χ0v) is 15.8. The van der Waals surface area contributed by atoms with E-state index in [0.717, 1.165) is 36.7 Å². The molecule has 5 rings (SSSR count). The molecule has 2 aliphatic rings. The molecule has 2 aliphatic heterocycles. The Kier molecular flexibility index (Phi) is 4.12. The van der Waals surface area contributed by atoms with Crippen LogP contribution >= 0.6 is 0 Å². The Labute approximate surface area is 166 Å². The van der Waals surface area contributed by atoms with Gasteiger partial charge in [-0.25, -0.2) is 13.3 Å². The number of aromatic nitrogens is 2. The molecule has 2 fully saturated rings. The van der Waals surface area contributed by atoms with Gasteiger partial charge in [0.1, 0.15) is 11.6 Å². The highest BCUT2D eigenvalue weighted by molar-refractivity contribution is 6.01. The van der Waals surface area contributed by atoms with Crippen molar-refractivity contribution in [2.45, 2.75) is 18.9 Å². The van der Waals surface area contributed by atoms with Crippen molar-refractivity contribution >= 4 is 17.1 Å². The van der Waals surface area contributed by atoms with Crippen molar-refractivity contribution in [1.29, 1.82) is 0 Å². The number of benzene rings is 1. The van der Waals surface area contributed by atoms with Crippen LogP contribution < -0.4 is 4.90 Å². The van der Waals surface area contributed by atoms with Crippen LogP contribution in [0, 0.1) is 11.6 Å². The van der Waals surface area contributed by atoms with Gasteiger partial charge in [0.25, 0.3) is 5.91 Å². The van der Waals surface area contributed by atoms with E-state index in [2.05, 4.69) is 16.6 Å². The third kappa shape index (κ3) is 2.97. The van der Waals surface area contributed by atoms with Gasteiger partial charge in [0, 0.05) is 37.1 Å².